The Kier molecular flexibility index (Phi) is 4.00. The van der Waals surface area contributed by atoms with Crippen LogP contribution in [0.25, 0.3) is 0 Å². The fourth-order valence-corrected chi connectivity index (χ4v) is 2.57. The normalized spacial score (nSPS) is 13.8. The van der Waals surface area contributed by atoms with Gasteiger partial charge in [-0.15, -0.1) is 10.2 Å². The van der Waals surface area contributed by atoms with Crippen molar-refractivity contribution in [3.05, 3.63) is 5.01 Å². The van der Waals surface area contributed by atoms with Crippen LogP contribution >= 0.6 is 11.3 Å². The van der Waals surface area contributed by atoms with Gasteiger partial charge in [-0.2, -0.15) is 8.42 Å². The van der Waals surface area contributed by atoms with Crippen LogP contribution in [0.2, 0.25) is 0 Å². The average Bonchev–Trinajstić information content (AvgIpc) is 2.50. The fourth-order valence-electron chi connectivity index (χ4n) is 1.14. The first-order valence-corrected chi connectivity index (χ1v) is 6.76. The minimum atomic E-state index is -4.24. The number of rotatable bonds is 5. The van der Waals surface area contributed by atoms with Crippen LogP contribution in [-0.4, -0.2) is 23.2 Å². The van der Waals surface area contributed by atoms with E-state index in [-0.39, 0.29) is 11.0 Å². The molecule has 1 unspecified atom stereocenters. The Hall–Kier alpha value is -0.730. The van der Waals surface area contributed by atoms with Crippen molar-refractivity contribution in [2.45, 2.75) is 32.6 Å². The number of hydrogen-bond acceptors (Lipinski definition) is 5. The minimum Gasteiger partial charge on any atom is -0.269 e. The van der Waals surface area contributed by atoms with Crippen LogP contribution in [0.3, 0.4) is 0 Å². The molecule has 0 aliphatic heterocycles. The van der Waals surface area contributed by atoms with Crippen LogP contribution < -0.4 is 4.72 Å². The van der Waals surface area contributed by atoms with E-state index in [1.807, 2.05) is 11.6 Å². The van der Waals surface area contributed by atoms with Crippen LogP contribution in [0.1, 0.15) is 37.6 Å². The summed E-state index contributed by atoms with van der Waals surface area (Å²) in [5.74, 6) is 0.254. The topological polar surface area (TPSA) is 92.2 Å². The maximum absolute atomic E-state index is 10.5. The van der Waals surface area contributed by atoms with E-state index in [0.717, 1.165) is 29.2 Å². The predicted molar refractivity (Wildman–Crippen MR) is 58.4 cm³/mol. The third-order valence-corrected chi connectivity index (χ3v) is 3.45. The molecule has 6 nitrogen and oxygen atoms in total. The average molecular weight is 251 g/mol. The quantitative estimate of drug-likeness (QED) is 0.776. The summed E-state index contributed by atoms with van der Waals surface area (Å²) < 4.78 is 31.4. The smallest absolute Gasteiger partial charge is 0.269 e. The van der Waals surface area contributed by atoms with Crippen molar-refractivity contribution in [2.24, 2.45) is 0 Å². The van der Waals surface area contributed by atoms with Gasteiger partial charge in [0.25, 0.3) is 0 Å². The Balaban J connectivity index is 2.72. The maximum Gasteiger partial charge on any atom is 0.359 e. The third kappa shape index (κ3) is 4.10. The Morgan fingerprint density at radius 2 is 2.20 bits per heavy atom. The zero-order chi connectivity index (χ0) is 11.5. The van der Waals surface area contributed by atoms with Gasteiger partial charge in [-0.05, 0) is 6.42 Å². The van der Waals surface area contributed by atoms with Gasteiger partial charge in [-0.3, -0.25) is 4.55 Å². The third-order valence-electron chi connectivity index (χ3n) is 1.80. The first-order chi connectivity index (χ1) is 6.92. The van der Waals surface area contributed by atoms with E-state index in [2.05, 4.69) is 17.1 Å². The molecule has 0 fully saturated rings. The monoisotopic (exact) mass is 251 g/mol. The number of hydrogen-bond donors (Lipinski definition) is 2. The minimum absolute atomic E-state index is 0.0930. The van der Waals surface area contributed by atoms with E-state index >= 15 is 0 Å². The van der Waals surface area contributed by atoms with E-state index in [9.17, 15) is 8.42 Å². The number of aromatic nitrogens is 2. The molecule has 1 rings (SSSR count). The molecule has 0 aromatic carbocycles. The molecule has 1 aromatic rings. The van der Waals surface area contributed by atoms with Crippen molar-refractivity contribution in [1.82, 2.24) is 10.2 Å². The van der Waals surface area contributed by atoms with Gasteiger partial charge in [-0.1, -0.05) is 31.6 Å². The summed E-state index contributed by atoms with van der Waals surface area (Å²) in [6.45, 7) is 4.07. The summed E-state index contributed by atoms with van der Waals surface area (Å²) >= 11 is 1.14. The van der Waals surface area contributed by atoms with E-state index < -0.39 is 10.3 Å². The molecule has 1 aromatic heterocycles. The van der Waals surface area contributed by atoms with Gasteiger partial charge in [0, 0.05) is 5.92 Å². The molecular formula is C7H13N3O3S2. The van der Waals surface area contributed by atoms with Gasteiger partial charge in [0.15, 0.2) is 0 Å². The Morgan fingerprint density at radius 1 is 1.53 bits per heavy atom. The van der Waals surface area contributed by atoms with Crippen LogP contribution in [0.4, 0.5) is 5.13 Å². The van der Waals surface area contributed by atoms with Crippen molar-refractivity contribution in [3.8, 4) is 0 Å². The summed E-state index contributed by atoms with van der Waals surface area (Å²) in [5.41, 5.74) is 0. The van der Waals surface area contributed by atoms with Crippen molar-refractivity contribution < 1.29 is 13.0 Å². The van der Waals surface area contributed by atoms with Gasteiger partial charge >= 0.3 is 10.3 Å². The van der Waals surface area contributed by atoms with Crippen molar-refractivity contribution in [2.75, 3.05) is 4.72 Å². The highest BCUT2D eigenvalue weighted by Gasteiger charge is 2.13. The lowest BCUT2D eigenvalue weighted by Gasteiger charge is -2.02. The van der Waals surface area contributed by atoms with Gasteiger partial charge in [0.2, 0.25) is 5.13 Å². The summed E-state index contributed by atoms with van der Waals surface area (Å²) in [7, 11) is -4.24. The van der Waals surface area contributed by atoms with E-state index in [1.165, 1.54) is 0 Å². The molecule has 0 spiro atoms. The Bertz CT molecular complexity index is 415. The molecule has 1 atom stereocenters. The number of nitrogens with one attached hydrogen (secondary N) is 1. The standard InChI is InChI=1S/C7H13N3O3S2/c1-3-4-5(2)6-8-9-7(14-6)10-15(11,12)13/h5H,3-4H2,1-2H3,(H,9,10)(H,11,12,13). The lowest BCUT2D eigenvalue weighted by Crippen LogP contribution is -2.09. The molecule has 0 aliphatic carbocycles. The number of nitrogens with zero attached hydrogens (tertiary/aromatic N) is 2. The second kappa shape index (κ2) is 4.86. The Labute approximate surface area is 92.6 Å². The molecule has 0 bridgehead atoms. The molecule has 0 aliphatic rings. The number of anilines is 1. The van der Waals surface area contributed by atoms with Crippen molar-refractivity contribution in [3.63, 3.8) is 0 Å². The first-order valence-electron chi connectivity index (χ1n) is 4.51. The van der Waals surface area contributed by atoms with Crippen LogP contribution in [0.15, 0.2) is 0 Å². The molecule has 2 N–H and O–H groups in total. The van der Waals surface area contributed by atoms with Gasteiger partial charge in [0.05, 0.1) is 0 Å². The largest absolute Gasteiger partial charge is 0.359 e. The molecule has 0 radical (unpaired) electrons. The zero-order valence-electron chi connectivity index (χ0n) is 8.47. The fraction of sp³-hybridized carbons (Fsp3) is 0.714. The summed E-state index contributed by atoms with van der Waals surface area (Å²) in [6, 6.07) is 0. The molecule has 86 valence electrons. The summed E-state index contributed by atoms with van der Waals surface area (Å²) in [5, 5.41) is 8.33. The molecule has 0 amide bonds. The molecule has 15 heavy (non-hydrogen) atoms. The maximum atomic E-state index is 10.5. The van der Waals surface area contributed by atoms with E-state index in [4.69, 9.17) is 4.55 Å². The highest BCUT2D eigenvalue weighted by Crippen LogP contribution is 2.26. The summed E-state index contributed by atoms with van der Waals surface area (Å²) in [4.78, 5) is 0. The lowest BCUT2D eigenvalue weighted by molar-refractivity contribution is 0.489. The van der Waals surface area contributed by atoms with Gasteiger partial charge in [0.1, 0.15) is 5.01 Å². The highest BCUT2D eigenvalue weighted by atomic mass is 32.2. The second-order valence-electron chi connectivity index (χ2n) is 3.21. The van der Waals surface area contributed by atoms with E-state index in [1.54, 1.807) is 0 Å². The predicted octanol–water partition coefficient (Wildman–Crippen LogP) is 1.66. The van der Waals surface area contributed by atoms with Gasteiger partial charge in [-0.25, -0.2) is 4.72 Å². The van der Waals surface area contributed by atoms with Crippen molar-refractivity contribution in [1.29, 1.82) is 0 Å². The van der Waals surface area contributed by atoms with E-state index in [0.29, 0.717) is 0 Å². The van der Waals surface area contributed by atoms with Gasteiger partial charge < -0.3 is 0 Å². The Morgan fingerprint density at radius 3 is 2.73 bits per heavy atom. The lowest BCUT2D eigenvalue weighted by atomic mass is 10.1. The van der Waals surface area contributed by atoms with Crippen LogP contribution in [-0.2, 0) is 10.3 Å². The molecule has 0 saturated carbocycles. The molecule has 1 heterocycles. The molecule has 8 heteroatoms. The first kappa shape index (κ1) is 12.3. The zero-order valence-corrected chi connectivity index (χ0v) is 10.1. The molecule has 0 saturated heterocycles. The van der Waals surface area contributed by atoms with Crippen LogP contribution in [0, 0.1) is 0 Å². The van der Waals surface area contributed by atoms with Crippen LogP contribution in [0.5, 0.6) is 0 Å². The summed E-state index contributed by atoms with van der Waals surface area (Å²) in [6.07, 6.45) is 2.00. The second-order valence-corrected chi connectivity index (χ2v) is 5.38. The highest BCUT2D eigenvalue weighted by molar-refractivity contribution is 7.87. The van der Waals surface area contributed by atoms with Crippen molar-refractivity contribution >= 4 is 26.8 Å². The SMILES string of the molecule is CCCC(C)c1nnc(NS(=O)(=O)O)s1. The molecular weight excluding hydrogens is 238 g/mol.